The first-order chi connectivity index (χ1) is 8.97. The summed E-state index contributed by atoms with van der Waals surface area (Å²) in [4.78, 5) is 2.05. The van der Waals surface area contributed by atoms with Gasteiger partial charge in [0.05, 0.1) is 17.4 Å². The summed E-state index contributed by atoms with van der Waals surface area (Å²) in [5.41, 5.74) is 2.10. The summed E-state index contributed by atoms with van der Waals surface area (Å²) in [5, 5.41) is 4.16. The molecule has 3 nitrogen and oxygen atoms in total. The zero-order valence-corrected chi connectivity index (χ0v) is 12.5. The van der Waals surface area contributed by atoms with Crippen molar-refractivity contribution in [1.82, 2.24) is 0 Å². The van der Waals surface area contributed by atoms with Crippen molar-refractivity contribution in [2.45, 2.75) is 19.9 Å². The quantitative estimate of drug-likeness (QED) is 0.894. The minimum absolute atomic E-state index is 0.0888. The maximum absolute atomic E-state index is 6.07. The normalized spacial score (nSPS) is 12.3. The van der Waals surface area contributed by atoms with E-state index in [0.29, 0.717) is 0 Å². The molecule has 0 saturated heterocycles. The Kier molecular flexibility index (Phi) is 4.05. The van der Waals surface area contributed by atoms with Crippen LogP contribution in [0.1, 0.15) is 24.5 Å². The smallest absolute Gasteiger partial charge is 0.126 e. The number of nitrogens with zero attached hydrogens (tertiary/aromatic N) is 1. The number of benzene rings is 1. The molecular formula is C15H19ClN2O. The fourth-order valence-corrected chi connectivity index (χ4v) is 2.18. The van der Waals surface area contributed by atoms with Gasteiger partial charge in [0.2, 0.25) is 0 Å². The molecule has 0 radical (unpaired) electrons. The van der Waals surface area contributed by atoms with E-state index < -0.39 is 0 Å². The third-order valence-corrected chi connectivity index (χ3v) is 3.24. The zero-order valence-electron chi connectivity index (χ0n) is 11.7. The van der Waals surface area contributed by atoms with Crippen LogP contribution in [-0.4, -0.2) is 14.1 Å². The van der Waals surface area contributed by atoms with Crippen molar-refractivity contribution in [3.63, 3.8) is 0 Å². The van der Waals surface area contributed by atoms with Gasteiger partial charge in [-0.25, -0.2) is 0 Å². The fourth-order valence-electron chi connectivity index (χ4n) is 2.00. The summed E-state index contributed by atoms with van der Waals surface area (Å²) >= 11 is 6.07. The second kappa shape index (κ2) is 5.57. The Hall–Kier alpha value is -1.61. The average Bonchev–Trinajstić information content (AvgIpc) is 2.75. The van der Waals surface area contributed by atoms with Gasteiger partial charge in [0.15, 0.2) is 0 Å². The maximum atomic E-state index is 6.07. The highest BCUT2D eigenvalue weighted by atomic mass is 35.5. The summed E-state index contributed by atoms with van der Waals surface area (Å²) in [6.45, 7) is 4.01. The van der Waals surface area contributed by atoms with Crippen molar-refractivity contribution in [1.29, 1.82) is 0 Å². The van der Waals surface area contributed by atoms with Gasteiger partial charge in [-0.15, -0.1) is 0 Å². The van der Waals surface area contributed by atoms with E-state index >= 15 is 0 Å². The number of aryl methyl sites for hydroxylation is 1. The van der Waals surface area contributed by atoms with Crippen LogP contribution in [0.5, 0.6) is 0 Å². The Labute approximate surface area is 119 Å². The van der Waals surface area contributed by atoms with Crippen LogP contribution in [0.25, 0.3) is 0 Å². The average molecular weight is 279 g/mol. The van der Waals surface area contributed by atoms with Gasteiger partial charge in [0, 0.05) is 19.1 Å². The predicted molar refractivity (Wildman–Crippen MR) is 81.3 cm³/mol. The molecule has 1 aromatic carbocycles. The van der Waals surface area contributed by atoms with E-state index in [1.807, 2.05) is 51.4 Å². The molecule has 2 aromatic rings. The van der Waals surface area contributed by atoms with Crippen molar-refractivity contribution in [3.05, 3.63) is 46.9 Å². The molecule has 1 N–H and O–H groups in total. The van der Waals surface area contributed by atoms with E-state index in [1.165, 1.54) is 0 Å². The van der Waals surface area contributed by atoms with Gasteiger partial charge in [0.25, 0.3) is 0 Å². The van der Waals surface area contributed by atoms with E-state index in [9.17, 15) is 0 Å². The Morgan fingerprint density at radius 1 is 1.21 bits per heavy atom. The van der Waals surface area contributed by atoms with Crippen molar-refractivity contribution >= 4 is 23.0 Å². The van der Waals surface area contributed by atoms with Crippen LogP contribution in [0.4, 0.5) is 11.4 Å². The number of rotatable bonds is 4. The molecule has 0 aliphatic rings. The SMILES string of the molecule is Cc1ccc(C(C)Nc2cc(Cl)ccc2N(C)C)o1. The van der Waals surface area contributed by atoms with E-state index in [4.69, 9.17) is 16.0 Å². The molecule has 102 valence electrons. The Balaban J connectivity index is 2.25. The molecule has 0 fully saturated rings. The Bertz CT molecular complexity index is 563. The first-order valence-corrected chi connectivity index (χ1v) is 6.65. The van der Waals surface area contributed by atoms with Crippen LogP contribution in [0.2, 0.25) is 5.02 Å². The first-order valence-electron chi connectivity index (χ1n) is 6.27. The molecular weight excluding hydrogens is 260 g/mol. The van der Waals surface area contributed by atoms with Crippen molar-refractivity contribution in [2.24, 2.45) is 0 Å². The number of hydrogen-bond donors (Lipinski definition) is 1. The van der Waals surface area contributed by atoms with E-state index in [2.05, 4.69) is 17.1 Å². The highest BCUT2D eigenvalue weighted by molar-refractivity contribution is 6.31. The molecule has 0 aliphatic heterocycles. The molecule has 4 heteroatoms. The van der Waals surface area contributed by atoms with Crippen LogP contribution in [0.15, 0.2) is 34.7 Å². The lowest BCUT2D eigenvalue weighted by Crippen LogP contribution is -2.13. The molecule has 0 saturated carbocycles. The number of furan rings is 1. The van der Waals surface area contributed by atoms with E-state index in [0.717, 1.165) is 27.9 Å². The zero-order chi connectivity index (χ0) is 14.0. The summed E-state index contributed by atoms with van der Waals surface area (Å²) in [5.74, 6) is 1.84. The van der Waals surface area contributed by atoms with Gasteiger partial charge >= 0.3 is 0 Å². The topological polar surface area (TPSA) is 28.4 Å². The summed E-state index contributed by atoms with van der Waals surface area (Å²) < 4.78 is 5.64. The lowest BCUT2D eigenvalue weighted by Gasteiger charge is -2.21. The molecule has 0 bridgehead atoms. The third-order valence-electron chi connectivity index (χ3n) is 3.00. The summed E-state index contributed by atoms with van der Waals surface area (Å²) in [7, 11) is 4.02. The monoisotopic (exact) mass is 278 g/mol. The van der Waals surface area contributed by atoms with E-state index in [-0.39, 0.29) is 6.04 Å². The fraction of sp³-hybridized carbons (Fsp3) is 0.333. The lowest BCUT2D eigenvalue weighted by atomic mass is 10.2. The van der Waals surface area contributed by atoms with Gasteiger partial charge in [-0.1, -0.05) is 11.6 Å². The second-order valence-electron chi connectivity index (χ2n) is 4.87. The van der Waals surface area contributed by atoms with Crippen LogP contribution < -0.4 is 10.2 Å². The lowest BCUT2D eigenvalue weighted by molar-refractivity contribution is 0.467. The van der Waals surface area contributed by atoms with Gasteiger partial charge in [0.1, 0.15) is 11.5 Å². The van der Waals surface area contributed by atoms with Gasteiger partial charge < -0.3 is 14.6 Å². The van der Waals surface area contributed by atoms with Crippen molar-refractivity contribution in [2.75, 3.05) is 24.3 Å². The van der Waals surface area contributed by atoms with Gasteiger partial charge in [-0.3, -0.25) is 0 Å². The molecule has 1 unspecified atom stereocenters. The summed E-state index contributed by atoms with van der Waals surface area (Å²) in [6.07, 6.45) is 0. The highest BCUT2D eigenvalue weighted by Gasteiger charge is 2.12. The minimum atomic E-state index is 0.0888. The van der Waals surface area contributed by atoms with Gasteiger partial charge in [-0.05, 0) is 44.2 Å². The Morgan fingerprint density at radius 3 is 2.53 bits per heavy atom. The third kappa shape index (κ3) is 3.24. The Morgan fingerprint density at radius 2 is 1.95 bits per heavy atom. The van der Waals surface area contributed by atoms with Crippen LogP contribution in [-0.2, 0) is 0 Å². The van der Waals surface area contributed by atoms with Gasteiger partial charge in [-0.2, -0.15) is 0 Å². The largest absolute Gasteiger partial charge is 0.464 e. The molecule has 0 amide bonds. The number of nitrogens with one attached hydrogen (secondary N) is 1. The first kappa shape index (κ1) is 13.8. The minimum Gasteiger partial charge on any atom is -0.464 e. The van der Waals surface area contributed by atoms with E-state index in [1.54, 1.807) is 0 Å². The molecule has 2 rings (SSSR count). The highest BCUT2D eigenvalue weighted by Crippen LogP contribution is 2.31. The number of hydrogen-bond acceptors (Lipinski definition) is 3. The number of anilines is 2. The standard InChI is InChI=1S/C15H19ClN2O/c1-10-5-8-15(19-10)11(2)17-13-9-12(16)6-7-14(13)18(3)4/h5-9,11,17H,1-4H3. The van der Waals surface area contributed by atoms with Crippen molar-refractivity contribution in [3.8, 4) is 0 Å². The molecule has 1 heterocycles. The maximum Gasteiger partial charge on any atom is 0.126 e. The van der Waals surface area contributed by atoms with Crippen LogP contribution in [0.3, 0.4) is 0 Å². The van der Waals surface area contributed by atoms with Crippen molar-refractivity contribution < 1.29 is 4.42 Å². The predicted octanol–water partition coefficient (Wildman–Crippen LogP) is 4.48. The van der Waals surface area contributed by atoms with Crippen LogP contribution >= 0.6 is 11.6 Å². The molecule has 1 aromatic heterocycles. The summed E-state index contributed by atoms with van der Waals surface area (Å²) in [6, 6.07) is 9.88. The van der Waals surface area contributed by atoms with Crippen LogP contribution in [0, 0.1) is 6.92 Å². The molecule has 0 aliphatic carbocycles. The second-order valence-corrected chi connectivity index (χ2v) is 5.31. The molecule has 19 heavy (non-hydrogen) atoms. The number of halogens is 1. The molecule has 1 atom stereocenters. The molecule has 0 spiro atoms.